The Morgan fingerprint density at radius 2 is 2.25 bits per heavy atom. The van der Waals surface area contributed by atoms with Crippen molar-refractivity contribution in [1.29, 1.82) is 0 Å². The van der Waals surface area contributed by atoms with E-state index in [9.17, 15) is 0 Å². The average Bonchev–Trinajstić information content (AvgIpc) is 3.18. The number of thiophene rings is 1. The Balaban J connectivity index is 1.82. The third-order valence-electron chi connectivity index (χ3n) is 3.39. The maximum atomic E-state index is 4.74. The molecule has 0 bridgehead atoms. The molecule has 1 aliphatic rings. The molecule has 1 saturated carbocycles. The minimum atomic E-state index is 0.572. The van der Waals surface area contributed by atoms with E-state index in [1.54, 1.807) is 11.3 Å². The zero-order valence-electron chi connectivity index (χ0n) is 12.0. The van der Waals surface area contributed by atoms with Gasteiger partial charge in [-0.1, -0.05) is 6.07 Å². The lowest BCUT2D eigenvalue weighted by Gasteiger charge is -2.19. The van der Waals surface area contributed by atoms with Gasteiger partial charge < -0.3 is 10.2 Å². The Morgan fingerprint density at radius 1 is 1.40 bits per heavy atom. The third-order valence-corrected chi connectivity index (χ3v) is 4.26. The van der Waals surface area contributed by atoms with Crippen LogP contribution in [0.15, 0.2) is 23.6 Å². The van der Waals surface area contributed by atoms with Crippen LogP contribution in [0.3, 0.4) is 0 Å². The Bertz CT molecular complexity index is 563. The van der Waals surface area contributed by atoms with Gasteiger partial charge in [0.1, 0.15) is 17.5 Å². The van der Waals surface area contributed by atoms with E-state index in [1.165, 1.54) is 17.7 Å². The van der Waals surface area contributed by atoms with Crippen molar-refractivity contribution in [3.63, 3.8) is 0 Å². The number of rotatable bonds is 6. The second kappa shape index (κ2) is 5.79. The molecule has 0 aromatic carbocycles. The van der Waals surface area contributed by atoms with Crippen LogP contribution < -0.4 is 10.2 Å². The molecule has 0 aliphatic heterocycles. The third kappa shape index (κ3) is 3.10. The van der Waals surface area contributed by atoms with Gasteiger partial charge in [-0.3, -0.25) is 0 Å². The first-order chi connectivity index (χ1) is 9.76. The van der Waals surface area contributed by atoms with Crippen molar-refractivity contribution >= 4 is 23.0 Å². The largest absolute Gasteiger partial charge is 0.370 e. The highest BCUT2D eigenvalue weighted by Crippen LogP contribution is 2.39. The number of anilines is 2. The molecule has 2 aromatic heterocycles. The molecule has 0 atom stereocenters. The summed E-state index contributed by atoms with van der Waals surface area (Å²) < 4.78 is 0. The van der Waals surface area contributed by atoms with E-state index in [4.69, 9.17) is 4.98 Å². The lowest BCUT2D eigenvalue weighted by Crippen LogP contribution is -2.18. The van der Waals surface area contributed by atoms with Crippen LogP contribution in [0, 0.1) is 0 Å². The second-order valence-corrected chi connectivity index (χ2v) is 6.24. The van der Waals surface area contributed by atoms with Gasteiger partial charge in [0.05, 0.1) is 6.54 Å². The fourth-order valence-electron chi connectivity index (χ4n) is 2.16. The zero-order chi connectivity index (χ0) is 13.9. The highest BCUT2D eigenvalue weighted by atomic mass is 32.1. The molecule has 0 unspecified atom stereocenters. The number of aromatic nitrogens is 2. The fraction of sp³-hybridized carbons (Fsp3) is 0.467. The Hall–Kier alpha value is -1.62. The highest BCUT2D eigenvalue weighted by Gasteiger charge is 2.27. The SMILES string of the molecule is CCNc1cc(N(C)Cc2cccs2)nc(C2CC2)n1. The van der Waals surface area contributed by atoms with Crippen LogP contribution in [0.4, 0.5) is 11.6 Å². The van der Waals surface area contributed by atoms with Crippen molar-refractivity contribution < 1.29 is 0 Å². The number of hydrogen-bond donors (Lipinski definition) is 1. The van der Waals surface area contributed by atoms with Crippen LogP contribution in [0.5, 0.6) is 0 Å². The molecule has 0 radical (unpaired) electrons. The lowest BCUT2D eigenvalue weighted by atomic mass is 10.3. The van der Waals surface area contributed by atoms with Crippen molar-refractivity contribution in [3.05, 3.63) is 34.3 Å². The first-order valence-electron chi connectivity index (χ1n) is 7.12. The fourth-order valence-corrected chi connectivity index (χ4v) is 2.92. The Kier molecular flexibility index (Phi) is 3.87. The molecule has 5 heteroatoms. The van der Waals surface area contributed by atoms with Crippen molar-refractivity contribution in [1.82, 2.24) is 9.97 Å². The summed E-state index contributed by atoms with van der Waals surface area (Å²) in [6, 6.07) is 6.30. The average molecular weight is 288 g/mol. The van der Waals surface area contributed by atoms with Crippen molar-refractivity contribution in [2.75, 3.05) is 23.8 Å². The van der Waals surface area contributed by atoms with Crippen molar-refractivity contribution in [2.24, 2.45) is 0 Å². The molecule has 3 rings (SSSR count). The molecule has 1 aliphatic carbocycles. The van der Waals surface area contributed by atoms with Crippen LogP contribution >= 0.6 is 11.3 Å². The molecular weight excluding hydrogens is 268 g/mol. The number of hydrogen-bond acceptors (Lipinski definition) is 5. The smallest absolute Gasteiger partial charge is 0.136 e. The summed E-state index contributed by atoms with van der Waals surface area (Å²) >= 11 is 1.78. The van der Waals surface area contributed by atoms with Gasteiger partial charge in [0, 0.05) is 30.5 Å². The Morgan fingerprint density at radius 3 is 2.90 bits per heavy atom. The van der Waals surface area contributed by atoms with E-state index < -0.39 is 0 Å². The molecular formula is C15H20N4S. The van der Waals surface area contributed by atoms with Crippen LogP contribution in [0.2, 0.25) is 0 Å². The molecule has 106 valence electrons. The van der Waals surface area contributed by atoms with E-state index in [0.29, 0.717) is 5.92 Å². The van der Waals surface area contributed by atoms with E-state index in [-0.39, 0.29) is 0 Å². The first kappa shape index (κ1) is 13.4. The standard InChI is InChI=1S/C15H20N4S/c1-3-16-13-9-14(18-15(17-13)11-6-7-11)19(2)10-12-5-4-8-20-12/h4-5,8-9,11H,3,6-7,10H2,1-2H3,(H,16,17,18). The van der Waals surface area contributed by atoms with Gasteiger partial charge in [-0.05, 0) is 31.2 Å². The highest BCUT2D eigenvalue weighted by molar-refractivity contribution is 7.09. The number of nitrogens with zero attached hydrogens (tertiary/aromatic N) is 3. The molecule has 4 nitrogen and oxygen atoms in total. The Labute approximate surface area is 123 Å². The van der Waals surface area contributed by atoms with Gasteiger partial charge in [-0.2, -0.15) is 0 Å². The molecule has 2 heterocycles. The minimum Gasteiger partial charge on any atom is -0.370 e. The van der Waals surface area contributed by atoms with Crippen LogP contribution in [0.1, 0.15) is 36.4 Å². The quantitative estimate of drug-likeness (QED) is 0.883. The predicted octanol–water partition coefficient (Wildman–Crippen LogP) is 3.48. The molecule has 2 aromatic rings. The van der Waals surface area contributed by atoms with Crippen LogP contribution in [-0.4, -0.2) is 23.6 Å². The summed E-state index contributed by atoms with van der Waals surface area (Å²) in [6.07, 6.45) is 2.45. The van der Waals surface area contributed by atoms with Gasteiger partial charge in [-0.25, -0.2) is 9.97 Å². The zero-order valence-corrected chi connectivity index (χ0v) is 12.8. The summed E-state index contributed by atoms with van der Waals surface area (Å²) in [5.74, 6) is 3.52. The monoisotopic (exact) mass is 288 g/mol. The normalized spacial score (nSPS) is 14.3. The summed E-state index contributed by atoms with van der Waals surface area (Å²) in [6.45, 7) is 3.87. The maximum absolute atomic E-state index is 4.74. The van der Waals surface area contributed by atoms with Gasteiger partial charge in [0.25, 0.3) is 0 Å². The van der Waals surface area contributed by atoms with E-state index >= 15 is 0 Å². The van der Waals surface area contributed by atoms with Crippen molar-refractivity contribution in [3.8, 4) is 0 Å². The summed E-state index contributed by atoms with van der Waals surface area (Å²) in [5.41, 5.74) is 0. The van der Waals surface area contributed by atoms with E-state index in [0.717, 1.165) is 30.5 Å². The van der Waals surface area contributed by atoms with Gasteiger partial charge >= 0.3 is 0 Å². The summed E-state index contributed by atoms with van der Waals surface area (Å²) in [5, 5.41) is 5.42. The van der Waals surface area contributed by atoms with Gasteiger partial charge in [-0.15, -0.1) is 11.3 Å². The van der Waals surface area contributed by atoms with E-state index in [1.807, 2.05) is 6.07 Å². The first-order valence-corrected chi connectivity index (χ1v) is 8.00. The topological polar surface area (TPSA) is 41.0 Å². The molecule has 0 saturated heterocycles. The van der Waals surface area contributed by atoms with Crippen LogP contribution in [-0.2, 0) is 6.54 Å². The summed E-state index contributed by atoms with van der Waals surface area (Å²) in [4.78, 5) is 12.9. The molecule has 0 spiro atoms. The summed E-state index contributed by atoms with van der Waals surface area (Å²) in [7, 11) is 2.09. The maximum Gasteiger partial charge on any atom is 0.136 e. The van der Waals surface area contributed by atoms with Crippen LogP contribution in [0.25, 0.3) is 0 Å². The van der Waals surface area contributed by atoms with Gasteiger partial charge in [0.2, 0.25) is 0 Å². The van der Waals surface area contributed by atoms with Crippen molar-refractivity contribution in [2.45, 2.75) is 32.2 Å². The molecule has 1 fully saturated rings. The molecule has 1 N–H and O–H groups in total. The lowest BCUT2D eigenvalue weighted by molar-refractivity contribution is 0.861. The minimum absolute atomic E-state index is 0.572. The number of nitrogens with one attached hydrogen (secondary N) is 1. The van der Waals surface area contributed by atoms with E-state index in [2.05, 4.69) is 46.7 Å². The molecule has 0 amide bonds. The second-order valence-electron chi connectivity index (χ2n) is 5.21. The van der Waals surface area contributed by atoms with Gasteiger partial charge in [0.15, 0.2) is 0 Å². The molecule has 20 heavy (non-hydrogen) atoms. The predicted molar refractivity (Wildman–Crippen MR) is 84.6 cm³/mol.